The molecule has 1 aromatic rings. The number of hydrogen-bond acceptors (Lipinski definition) is 3. The molecule has 0 saturated heterocycles. The van der Waals surface area contributed by atoms with E-state index in [4.69, 9.17) is 0 Å². The molecule has 3 aliphatic rings. The van der Waals surface area contributed by atoms with Crippen molar-refractivity contribution in [2.45, 2.75) is 65.7 Å². The van der Waals surface area contributed by atoms with Crippen LogP contribution in [0.15, 0.2) is 29.8 Å². The highest BCUT2D eigenvalue weighted by molar-refractivity contribution is 5.41. The van der Waals surface area contributed by atoms with Gasteiger partial charge in [0.1, 0.15) is 5.75 Å². The van der Waals surface area contributed by atoms with Gasteiger partial charge in [-0.05, 0) is 97.5 Å². The third-order valence-corrected chi connectivity index (χ3v) is 8.90. The van der Waals surface area contributed by atoms with Gasteiger partial charge in [0, 0.05) is 19.6 Å². The van der Waals surface area contributed by atoms with Crippen molar-refractivity contribution < 1.29 is 5.11 Å². The van der Waals surface area contributed by atoms with Crippen molar-refractivity contribution in [2.24, 2.45) is 23.2 Å². The molecule has 2 saturated carbocycles. The predicted octanol–water partition coefficient (Wildman–Crippen LogP) is 5.35. The van der Waals surface area contributed by atoms with Crippen LogP contribution in [-0.2, 0) is 6.42 Å². The molecule has 0 aromatic heterocycles. The number of aromatic hydroxyl groups is 1. The van der Waals surface area contributed by atoms with Crippen LogP contribution in [0.1, 0.15) is 70.4 Å². The van der Waals surface area contributed by atoms with Crippen molar-refractivity contribution in [3.63, 3.8) is 0 Å². The Morgan fingerprint density at radius 3 is 2.80 bits per heavy atom. The molecule has 0 radical (unpaired) electrons. The minimum Gasteiger partial charge on any atom is -0.508 e. The van der Waals surface area contributed by atoms with Crippen LogP contribution in [-0.4, -0.2) is 42.7 Å². The van der Waals surface area contributed by atoms with Crippen LogP contribution in [0.5, 0.6) is 5.75 Å². The molecule has 3 nitrogen and oxygen atoms in total. The molecule has 0 heterocycles. The zero-order valence-corrected chi connectivity index (χ0v) is 19.6. The highest BCUT2D eigenvalue weighted by Gasteiger charge is 2.54. The Balaban J connectivity index is 1.44. The number of fused-ring (bicyclic) bond motifs is 5. The number of phenols is 1. The van der Waals surface area contributed by atoms with Gasteiger partial charge >= 0.3 is 0 Å². The number of nitrogens with one attached hydrogen (secondary N) is 1. The van der Waals surface area contributed by atoms with Crippen molar-refractivity contribution >= 4 is 0 Å². The lowest BCUT2D eigenvalue weighted by Crippen LogP contribution is -2.43. The van der Waals surface area contributed by atoms with Crippen molar-refractivity contribution in [1.29, 1.82) is 0 Å². The Kier molecular flexibility index (Phi) is 6.60. The highest BCUT2D eigenvalue weighted by Crippen LogP contribution is 2.63. The number of nitrogens with zero attached hydrogens (tertiary/aromatic N) is 1. The largest absolute Gasteiger partial charge is 0.508 e. The first-order chi connectivity index (χ1) is 14.5. The first-order valence-electron chi connectivity index (χ1n) is 12.4. The first kappa shape index (κ1) is 21.9. The molecule has 1 aromatic carbocycles. The molecule has 5 atom stereocenters. The molecule has 3 heteroatoms. The van der Waals surface area contributed by atoms with E-state index in [0.717, 1.165) is 51.0 Å². The van der Waals surface area contributed by atoms with E-state index < -0.39 is 0 Å². The standard InChI is InChI=1S/C27H42N2O/c1-5-29(6-2)16-15-28-14-12-21-7-10-25-26-19(3)17-20-18-22(30)8-9-23(20)24(26)11-13-27(21,25)4/h8-9,12,18-19,24-26,28,30H,5-7,10-11,13-17H2,1-4H3/b21-12+/t19-,24?,25?,26?,27?/m1/s1. The van der Waals surface area contributed by atoms with Crippen LogP contribution in [0.25, 0.3) is 0 Å². The Labute approximate surface area is 183 Å². The molecule has 3 aliphatic carbocycles. The minimum atomic E-state index is 0.393. The van der Waals surface area contributed by atoms with E-state index in [1.807, 2.05) is 12.1 Å². The van der Waals surface area contributed by atoms with Gasteiger partial charge in [0.2, 0.25) is 0 Å². The third kappa shape index (κ3) is 3.96. The van der Waals surface area contributed by atoms with Gasteiger partial charge in [0.05, 0.1) is 0 Å². The predicted molar refractivity (Wildman–Crippen MR) is 126 cm³/mol. The zero-order valence-electron chi connectivity index (χ0n) is 19.6. The zero-order chi connectivity index (χ0) is 21.3. The fourth-order valence-electron chi connectivity index (χ4n) is 7.22. The summed E-state index contributed by atoms with van der Waals surface area (Å²) in [5.74, 6) is 3.44. The highest BCUT2D eigenvalue weighted by atomic mass is 16.3. The lowest BCUT2D eigenvalue weighted by molar-refractivity contribution is 0.0489. The fraction of sp³-hybridized carbons (Fsp3) is 0.704. The van der Waals surface area contributed by atoms with Crippen molar-refractivity contribution in [3.8, 4) is 5.75 Å². The van der Waals surface area contributed by atoms with E-state index >= 15 is 0 Å². The Morgan fingerprint density at radius 1 is 1.23 bits per heavy atom. The maximum Gasteiger partial charge on any atom is 0.115 e. The second-order valence-electron chi connectivity index (χ2n) is 10.3. The second kappa shape index (κ2) is 9.04. The number of allylic oxidation sites excluding steroid dienone is 1. The SMILES string of the molecule is CCN(CC)CCNC/C=C1\CCC2C3C(CCC12C)c1ccc(O)cc1C[C@H]3C. The molecule has 0 bridgehead atoms. The van der Waals surface area contributed by atoms with Crippen LogP contribution in [0.4, 0.5) is 0 Å². The van der Waals surface area contributed by atoms with Gasteiger partial charge in [-0.15, -0.1) is 0 Å². The summed E-state index contributed by atoms with van der Waals surface area (Å²) in [5, 5.41) is 13.6. The average molecular weight is 411 g/mol. The van der Waals surface area contributed by atoms with Gasteiger partial charge in [-0.2, -0.15) is 0 Å². The smallest absolute Gasteiger partial charge is 0.115 e. The molecule has 0 aliphatic heterocycles. The third-order valence-electron chi connectivity index (χ3n) is 8.90. The summed E-state index contributed by atoms with van der Waals surface area (Å²) in [6.07, 6.45) is 8.94. The number of benzene rings is 1. The average Bonchev–Trinajstić information content (AvgIpc) is 3.06. The summed E-state index contributed by atoms with van der Waals surface area (Å²) in [6, 6.07) is 6.16. The maximum absolute atomic E-state index is 9.96. The van der Waals surface area contributed by atoms with Gasteiger partial charge in [0.15, 0.2) is 0 Å². The van der Waals surface area contributed by atoms with E-state index in [2.05, 4.69) is 50.1 Å². The molecule has 0 spiro atoms. The van der Waals surface area contributed by atoms with E-state index in [1.54, 1.807) is 5.57 Å². The Hall–Kier alpha value is -1.32. The topological polar surface area (TPSA) is 35.5 Å². The van der Waals surface area contributed by atoms with Gasteiger partial charge < -0.3 is 15.3 Å². The van der Waals surface area contributed by atoms with Gasteiger partial charge in [0.25, 0.3) is 0 Å². The first-order valence-corrected chi connectivity index (χ1v) is 12.4. The Bertz CT molecular complexity index is 768. The van der Waals surface area contributed by atoms with Crippen LogP contribution >= 0.6 is 0 Å². The monoisotopic (exact) mass is 410 g/mol. The molecular formula is C27H42N2O. The molecule has 0 amide bonds. The Morgan fingerprint density at radius 2 is 2.03 bits per heavy atom. The van der Waals surface area contributed by atoms with Crippen LogP contribution in [0.2, 0.25) is 0 Å². The number of rotatable bonds is 7. The van der Waals surface area contributed by atoms with Crippen LogP contribution < -0.4 is 5.32 Å². The van der Waals surface area contributed by atoms with E-state index in [0.29, 0.717) is 23.0 Å². The van der Waals surface area contributed by atoms with E-state index in [-0.39, 0.29) is 0 Å². The molecule has 30 heavy (non-hydrogen) atoms. The van der Waals surface area contributed by atoms with Gasteiger partial charge in [-0.3, -0.25) is 0 Å². The molecule has 2 N–H and O–H groups in total. The lowest BCUT2D eigenvalue weighted by atomic mass is 9.52. The molecule has 2 fully saturated rings. The molecule has 4 unspecified atom stereocenters. The van der Waals surface area contributed by atoms with Crippen molar-refractivity contribution in [3.05, 3.63) is 41.0 Å². The molecule has 166 valence electrons. The van der Waals surface area contributed by atoms with Gasteiger partial charge in [-0.25, -0.2) is 0 Å². The summed E-state index contributed by atoms with van der Waals surface area (Å²) in [5.41, 5.74) is 5.06. The van der Waals surface area contributed by atoms with E-state index in [9.17, 15) is 5.11 Å². The lowest BCUT2D eigenvalue weighted by Gasteiger charge is -2.52. The quantitative estimate of drug-likeness (QED) is 0.470. The minimum absolute atomic E-state index is 0.393. The summed E-state index contributed by atoms with van der Waals surface area (Å²) in [6.45, 7) is 15.1. The van der Waals surface area contributed by atoms with Crippen LogP contribution in [0.3, 0.4) is 0 Å². The van der Waals surface area contributed by atoms with Crippen LogP contribution in [0, 0.1) is 23.2 Å². The summed E-state index contributed by atoms with van der Waals surface area (Å²) in [7, 11) is 0. The summed E-state index contributed by atoms with van der Waals surface area (Å²) in [4.78, 5) is 2.48. The normalized spacial score (nSPS) is 34.1. The number of phenolic OH excluding ortho intramolecular Hbond substituents is 1. The van der Waals surface area contributed by atoms with Gasteiger partial charge in [-0.1, -0.05) is 45.4 Å². The number of hydrogen-bond donors (Lipinski definition) is 2. The van der Waals surface area contributed by atoms with Crippen molar-refractivity contribution in [2.75, 3.05) is 32.7 Å². The maximum atomic E-state index is 9.96. The van der Waals surface area contributed by atoms with E-state index in [1.165, 1.54) is 36.8 Å². The second-order valence-corrected chi connectivity index (χ2v) is 10.3. The summed E-state index contributed by atoms with van der Waals surface area (Å²) >= 11 is 0. The fourth-order valence-corrected chi connectivity index (χ4v) is 7.22. The van der Waals surface area contributed by atoms with Crippen molar-refractivity contribution in [1.82, 2.24) is 10.2 Å². The molecule has 4 rings (SSSR count). The summed E-state index contributed by atoms with van der Waals surface area (Å²) < 4.78 is 0. The number of likely N-dealkylation sites (N-methyl/N-ethyl adjacent to an activating group) is 1. The molecular weight excluding hydrogens is 368 g/mol.